The lowest BCUT2D eigenvalue weighted by atomic mass is 10.1. The number of carbonyl (C=O) groups is 1. The van der Waals surface area contributed by atoms with Crippen LogP contribution in [-0.2, 0) is 4.79 Å². The third kappa shape index (κ3) is 4.58. The first-order valence-electron chi connectivity index (χ1n) is 8.11. The maximum atomic E-state index is 10.7. The van der Waals surface area contributed by atoms with Crippen molar-refractivity contribution in [1.82, 2.24) is 14.9 Å². The van der Waals surface area contributed by atoms with Crippen molar-refractivity contribution in [1.29, 1.82) is 0 Å². The van der Waals surface area contributed by atoms with Gasteiger partial charge < -0.3 is 15.7 Å². The maximum Gasteiger partial charge on any atom is 0.304 e. The molecule has 3 rings (SSSR count). The Kier molecular flexibility index (Phi) is 5.35. The zero-order valence-electron chi connectivity index (χ0n) is 13.7. The number of benzene rings is 1. The summed E-state index contributed by atoms with van der Waals surface area (Å²) in [6, 6.07) is 9.36. The number of hydrogen-bond acceptors (Lipinski definition) is 6. The summed E-state index contributed by atoms with van der Waals surface area (Å²) in [6.07, 6.45) is 0.168. The van der Waals surface area contributed by atoms with Crippen molar-refractivity contribution < 1.29 is 9.90 Å². The van der Waals surface area contributed by atoms with Crippen molar-refractivity contribution in [2.45, 2.75) is 6.42 Å². The lowest BCUT2D eigenvalue weighted by Gasteiger charge is -2.35. The minimum atomic E-state index is -0.765. The molecule has 3 N–H and O–H groups in total. The second-order valence-corrected chi connectivity index (χ2v) is 6.39. The summed E-state index contributed by atoms with van der Waals surface area (Å²) in [4.78, 5) is 23.6. The second-order valence-electron chi connectivity index (χ2n) is 5.95. The number of halogens is 1. The van der Waals surface area contributed by atoms with Crippen molar-refractivity contribution in [2.75, 3.05) is 43.4 Å². The molecule has 1 fully saturated rings. The zero-order valence-corrected chi connectivity index (χ0v) is 14.5. The molecular weight excluding hydrogens is 342 g/mol. The predicted molar refractivity (Wildman–Crippen MR) is 97.8 cm³/mol. The minimum Gasteiger partial charge on any atom is -0.481 e. The standard InChI is InChI=1S/C17H20ClN5O2/c18-13-3-1-12(2-4-13)14-11-15(21-17(19)20-14)23-9-7-22(8-10-23)6-5-16(24)25/h1-4,11H,5-10H2,(H,24,25)(H2,19,20,21). The van der Waals surface area contributed by atoms with Crippen molar-refractivity contribution >= 4 is 29.3 Å². The van der Waals surface area contributed by atoms with Gasteiger partial charge in [0.1, 0.15) is 5.82 Å². The summed E-state index contributed by atoms with van der Waals surface area (Å²) >= 11 is 5.94. The molecule has 0 atom stereocenters. The highest BCUT2D eigenvalue weighted by Crippen LogP contribution is 2.24. The summed E-state index contributed by atoms with van der Waals surface area (Å²) in [6.45, 7) is 3.72. The van der Waals surface area contributed by atoms with E-state index in [-0.39, 0.29) is 12.4 Å². The Labute approximate surface area is 151 Å². The molecule has 2 heterocycles. The third-order valence-corrected chi connectivity index (χ3v) is 4.46. The van der Waals surface area contributed by atoms with Crippen LogP contribution in [0.1, 0.15) is 6.42 Å². The Bertz CT molecular complexity index is 745. The second kappa shape index (κ2) is 7.67. The van der Waals surface area contributed by atoms with Crippen LogP contribution in [0.5, 0.6) is 0 Å². The first kappa shape index (κ1) is 17.4. The van der Waals surface area contributed by atoms with E-state index in [0.29, 0.717) is 11.6 Å². The predicted octanol–water partition coefficient (Wildman–Crippen LogP) is 1.98. The van der Waals surface area contributed by atoms with Crippen LogP contribution in [0.15, 0.2) is 30.3 Å². The van der Waals surface area contributed by atoms with Gasteiger partial charge in [-0.3, -0.25) is 9.69 Å². The molecular formula is C17H20ClN5O2. The van der Waals surface area contributed by atoms with E-state index < -0.39 is 5.97 Å². The van der Waals surface area contributed by atoms with Gasteiger partial charge in [0, 0.05) is 49.4 Å². The zero-order chi connectivity index (χ0) is 17.8. The third-order valence-electron chi connectivity index (χ3n) is 4.21. The maximum absolute atomic E-state index is 10.7. The molecule has 7 nitrogen and oxygen atoms in total. The molecule has 0 amide bonds. The lowest BCUT2D eigenvalue weighted by Crippen LogP contribution is -2.47. The number of piperazine rings is 1. The Morgan fingerprint density at radius 2 is 1.84 bits per heavy atom. The average Bonchev–Trinajstić information content (AvgIpc) is 2.60. The van der Waals surface area contributed by atoms with Crippen LogP contribution in [0.3, 0.4) is 0 Å². The van der Waals surface area contributed by atoms with Crippen LogP contribution >= 0.6 is 11.6 Å². The highest BCUT2D eigenvalue weighted by molar-refractivity contribution is 6.30. The van der Waals surface area contributed by atoms with Crippen LogP contribution in [0.2, 0.25) is 5.02 Å². The smallest absolute Gasteiger partial charge is 0.304 e. The number of aromatic nitrogens is 2. The normalized spacial score (nSPS) is 15.3. The Morgan fingerprint density at radius 1 is 1.16 bits per heavy atom. The van der Waals surface area contributed by atoms with E-state index in [2.05, 4.69) is 19.8 Å². The topological polar surface area (TPSA) is 95.6 Å². The van der Waals surface area contributed by atoms with E-state index in [4.69, 9.17) is 22.4 Å². The van der Waals surface area contributed by atoms with Crippen LogP contribution in [0.25, 0.3) is 11.3 Å². The van der Waals surface area contributed by atoms with Crippen molar-refractivity contribution in [3.05, 3.63) is 35.4 Å². The quantitative estimate of drug-likeness (QED) is 0.840. The van der Waals surface area contributed by atoms with Crippen LogP contribution in [-0.4, -0.2) is 58.7 Å². The fourth-order valence-corrected chi connectivity index (χ4v) is 2.96. The van der Waals surface area contributed by atoms with Crippen molar-refractivity contribution in [3.63, 3.8) is 0 Å². The van der Waals surface area contributed by atoms with Crippen LogP contribution in [0.4, 0.5) is 11.8 Å². The van der Waals surface area contributed by atoms with Crippen molar-refractivity contribution in [3.8, 4) is 11.3 Å². The number of anilines is 2. The monoisotopic (exact) mass is 361 g/mol. The number of nitrogens with two attached hydrogens (primary N) is 1. The van der Waals surface area contributed by atoms with E-state index in [0.717, 1.165) is 43.3 Å². The number of aliphatic carboxylic acids is 1. The fraction of sp³-hybridized carbons (Fsp3) is 0.353. The number of carboxylic acids is 1. The molecule has 1 aliphatic rings. The van der Waals surface area contributed by atoms with E-state index in [1.165, 1.54) is 0 Å². The van der Waals surface area contributed by atoms with Crippen molar-refractivity contribution in [2.24, 2.45) is 0 Å². The summed E-state index contributed by atoms with van der Waals surface area (Å²) in [7, 11) is 0. The van der Waals surface area contributed by atoms with Gasteiger partial charge in [0.15, 0.2) is 0 Å². The molecule has 0 unspecified atom stereocenters. The molecule has 0 radical (unpaired) electrons. The molecule has 1 saturated heterocycles. The van der Waals surface area contributed by atoms with Gasteiger partial charge in [-0.05, 0) is 12.1 Å². The van der Waals surface area contributed by atoms with Gasteiger partial charge in [-0.1, -0.05) is 23.7 Å². The van der Waals surface area contributed by atoms with Gasteiger partial charge in [-0.25, -0.2) is 4.98 Å². The average molecular weight is 362 g/mol. The molecule has 132 valence electrons. The molecule has 0 aliphatic carbocycles. The number of nitrogens with zero attached hydrogens (tertiary/aromatic N) is 4. The first-order chi connectivity index (χ1) is 12.0. The Balaban J connectivity index is 1.71. The van der Waals surface area contributed by atoms with Gasteiger partial charge >= 0.3 is 5.97 Å². The first-order valence-corrected chi connectivity index (χ1v) is 8.48. The van der Waals surface area contributed by atoms with Gasteiger partial charge in [0.25, 0.3) is 0 Å². The van der Waals surface area contributed by atoms with E-state index in [1.807, 2.05) is 30.3 Å². The Morgan fingerprint density at radius 3 is 2.48 bits per heavy atom. The number of rotatable bonds is 5. The van der Waals surface area contributed by atoms with E-state index >= 15 is 0 Å². The molecule has 0 bridgehead atoms. The molecule has 1 aliphatic heterocycles. The van der Waals surface area contributed by atoms with Gasteiger partial charge in [-0.2, -0.15) is 4.98 Å². The Hall–Kier alpha value is -2.38. The molecule has 0 saturated carbocycles. The molecule has 1 aromatic heterocycles. The van der Waals surface area contributed by atoms with Gasteiger partial charge in [-0.15, -0.1) is 0 Å². The number of carboxylic acid groups (broad SMARTS) is 1. The number of hydrogen-bond donors (Lipinski definition) is 2. The van der Waals surface area contributed by atoms with Crippen LogP contribution < -0.4 is 10.6 Å². The highest BCUT2D eigenvalue weighted by atomic mass is 35.5. The molecule has 1 aromatic carbocycles. The minimum absolute atomic E-state index is 0.168. The van der Waals surface area contributed by atoms with E-state index in [9.17, 15) is 4.79 Å². The van der Waals surface area contributed by atoms with Gasteiger partial charge in [0.2, 0.25) is 5.95 Å². The summed E-state index contributed by atoms with van der Waals surface area (Å²) < 4.78 is 0. The highest BCUT2D eigenvalue weighted by Gasteiger charge is 2.19. The lowest BCUT2D eigenvalue weighted by molar-refractivity contribution is -0.137. The summed E-state index contributed by atoms with van der Waals surface area (Å²) in [5.41, 5.74) is 7.58. The molecule has 2 aromatic rings. The summed E-state index contributed by atoms with van der Waals surface area (Å²) in [5, 5.41) is 9.45. The summed E-state index contributed by atoms with van der Waals surface area (Å²) in [5.74, 6) is 0.254. The number of nitrogen functional groups attached to an aromatic ring is 1. The largest absolute Gasteiger partial charge is 0.481 e. The van der Waals surface area contributed by atoms with Crippen LogP contribution in [0, 0.1) is 0 Å². The van der Waals surface area contributed by atoms with E-state index in [1.54, 1.807) is 0 Å². The molecule has 0 spiro atoms. The molecule has 25 heavy (non-hydrogen) atoms. The molecule has 8 heteroatoms. The SMILES string of the molecule is Nc1nc(-c2ccc(Cl)cc2)cc(N2CCN(CCC(=O)O)CC2)n1. The van der Waals surface area contributed by atoms with Gasteiger partial charge in [0.05, 0.1) is 12.1 Å². The fourth-order valence-electron chi connectivity index (χ4n) is 2.84.